The van der Waals surface area contributed by atoms with Crippen LogP contribution in [0.1, 0.15) is 5.69 Å². The van der Waals surface area contributed by atoms with Gasteiger partial charge in [-0.3, -0.25) is 0 Å². The maximum atomic E-state index is 11.5. The van der Waals surface area contributed by atoms with Crippen molar-refractivity contribution in [1.29, 1.82) is 0 Å². The van der Waals surface area contributed by atoms with E-state index in [0.29, 0.717) is 5.69 Å². The van der Waals surface area contributed by atoms with E-state index in [1.165, 1.54) is 19.6 Å². The van der Waals surface area contributed by atoms with Gasteiger partial charge in [-0.2, -0.15) is 0 Å². The summed E-state index contributed by atoms with van der Waals surface area (Å²) in [6, 6.07) is -1.90. The lowest BCUT2D eigenvalue weighted by atomic mass is 10.2. The number of carbonyl (C=O) groups is 2. The molecule has 118 valence electrons. The van der Waals surface area contributed by atoms with Gasteiger partial charge in [0.15, 0.2) is 0 Å². The second-order valence-electron chi connectivity index (χ2n) is 4.10. The molecule has 1 aromatic heterocycles. The lowest BCUT2D eigenvalue weighted by Crippen LogP contribution is -2.48. The average molecular weight is 319 g/mol. The predicted octanol–water partition coefficient (Wildman–Crippen LogP) is -1.75. The number of carboxylic acid groups (broad SMARTS) is 1. The molecule has 0 fully saturated rings. The normalized spacial score (nSPS) is 12.6. The van der Waals surface area contributed by atoms with Crippen LogP contribution in [0.2, 0.25) is 0 Å². The molecule has 2 amide bonds. The minimum Gasteiger partial charge on any atom is -0.480 e. The summed E-state index contributed by atoms with van der Waals surface area (Å²) in [6.45, 7) is -0.134. The fraction of sp³-hybridized carbons (Fsp3) is 0.500. The summed E-state index contributed by atoms with van der Waals surface area (Å²) in [5.41, 5.74) is 0.556. The molecular formula is C10H17N5O5S. The molecule has 0 aliphatic heterocycles. The molecule has 0 saturated carbocycles. The molecule has 0 aliphatic carbocycles. The van der Waals surface area contributed by atoms with E-state index in [1.54, 1.807) is 0 Å². The Morgan fingerprint density at radius 1 is 1.48 bits per heavy atom. The molecular weight excluding hydrogens is 302 g/mol. The van der Waals surface area contributed by atoms with E-state index in [0.717, 1.165) is 0 Å². The number of carbonyl (C=O) groups excluding carboxylic acids is 1. The molecule has 0 unspecified atom stereocenters. The van der Waals surface area contributed by atoms with Crippen LogP contribution in [0.15, 0.2) is 12.5 Å². The molecule has 1 atom stereocenters. The minimum atomic E-state index is -3.42. The quantitative estimate of drug-likeness (QED) is 0.383. The first kappa shape index (κ1) is 16.9. The molecule has 10 nitrogen and oxygen atoms in total. The third-order valence-corrected chi connectivity index (χ3v) is 3.91. The number of carboxylic acids is 1. The zero-order valence-electron chi connectivity index (χ0n) is 11.3. The van der Waals surface area contributed by atoms with Gasteiger partial charge in [0.05, 0.1) is 12.1 Å². The number of nitrogens with one attached hydrogen (secondary N) is 4. The Labute approximate surface area is 121 Å². The van der Waals surface area contributed by atoms with Gasteiger partial charge in [-0.1, -0.05) is 0 Å². The van der Waals surface area contributed by atoms with Gasteiger partial charge in [0, 0.05) is 24.9 Å². The molecule has 0 aromatic carbocycles. The van der Waals surface area contributed by atoms with Crippen molar-refractivity contribution in [2.45, 2.75) is 12.5 Å². The van der Waals surface area contributed by atoms with Crippen molar-refractivity contribution in [2.24, 2.45) is 0 Å². The fourth-order valence-corrected chi connectivity index (χ4v) is 2.00. The van der Waals surface area contributed by atoms with Crippen LogP contribution in [0.25, 0.3) is 0 Å². The number of amides is 2. The van der Waals surface area contributed by atoms with Crippen LogP contribution in [0.4, 0.5) is 4.79 Å². The van der Waals surface area contributed by atoms with Gasteiger partial charge < -0.3 is 20.7 Å². The molecule has 1 rings (SSSR count). The lowest BCUT2D eigenvalue weighted by Gasteiger charge is -2.14. The predicted molar refractivity (Wildman–Crippen MR) is 73.1 cm³/mol. The van der Waals surface area contributed by atoms with Crippen LogP contribution in [0.5, 0.6) is 0 Å². The molecule has 5 N–H and O–H groups in total. The summed E-state index contributed by atoms with van der Waals surface area (Å²) >= 11 is 0. The maximum absolute atomic E-state index is 11.5. The summed E-state index contributed by atoms with van der Waals surface area (Å²) < 4.78 is 24.4. The second-order valence-corrected chi connectivity index (χ2v) is 6.14. The maximum Gasteiger partial charge on any atom is 0.326 e. The summed E-state index contributed by atoms with van der Waals surface area (Å²) in [7, 11) is -2.16. The van der Waals surface area contributed by atoms with Crippen molar-refractivity contribution in [1.82, 2.24) is 25.3 Å². The van der Waals surface area contributed by atoms with Crippen molar-refractivity contribution >= 4 is 22.0 Å². The van der Waals surface area contributed by atoms with Crippen molar-refractivity contribution in [2.75, 3.05) is 19.3 Å². The number of imidazole rings is 1. The number of hydrogen-bond acceptors (Lipinski definition) is 5. The zero-order chi connectivity index (χ0) is 15.9. The highest BCUT2D eigenvalue weighted by Gasteiger charge is 2.21. The van der Waals surface area contributed by atoms with E-state index in [4.69, 9.17) is 5.11 Å². The summed E-state index contributed by atoms with van der Waals surface area (Å²) in [4.78, 5) is 29.1. The topological polar surface area (TPSA) is 153 Å². The molecule has 11 heteroatoms. The van der Waals surface area contributed by atoms with E-state index in [-0.39, 0.29) is 18.7 Å². The molecule has 1 heterocycles. The Morgan fingerprint density at radius 3 is 2.71 bits per heavy atom. The number of aromatic nitrogens is 2. The van der Waals surface area contributed by atoms with Crippen LogP contribution in [0, 0.1) is 0 Å². The van der Waals surface area contributed by atoms with Gasteiger partial charge in [-0.25, -0.2) is 27.7 Å². The van der Waals surface area contributed by atoms with Gasteiger partial charge in [0.2, 0.25) is 10.0 Å². The first-order valence-electron chi connectivity index (χ1n) is 5.99. The highest BCUT2D eigenvalue weighted by atomic mass is 32.2. The third-order valence-electron chi connectivity index (χ3n) is 2.55. The van der Waals surface area contributed by atoms with Crippen molar-refractivity contribution < 1.29 is 23.1 Å². The third kappa shape index (κ3) is 6.23. The molecule has 0 saturated heterocycles. The van der Waals surface area contributed by atoms with Crippen molar-refractivity contribution in [3.05, 3.63) is 18.2 Å². The van der Waals surface area contributed by atoms with E-state index in [1.807, 2.05) is 0 Å². The summed E-state index contributed by atoms with van der Waals surface area (Å²) in [6.07, 6.45) is 2.89. The van der Waals surface area contributed by atoms with Crippen LogP contribution in [0.3, 0.4) is 0 Å². The van der Waals surface area contributed by atoms with Gasteiger partial charge >= 0.3 is 12.0 Å². The number of sulfonamides is 1. The largest absolute Gasteiger partial charge is 0.480 e. The van der Waals surface area contributed by atoms with Gasteiger partial charge in [0.25, 0.3) is 0 Å². The standard InChI is InChI=1S/C10H17N5O5S/c1-11-21(19,20)3-2-13-10(18)15-8(9(16)17)4-7-5-12-6-14-7/h5-6,8,11H,2-4H2,1H3,(H,12,14)(H,16,17)(H2,13,15,18)/t8-/m0/s1. The second kappa shape index (κ2) is 7.59. The number of H-pyrrole nitrogens is 1. The monoisotopic (exact) mass is 319 g/mol. The number of urea groups is 1. The summed E-state index contributed by atoms with van der Waals surface area (Å²) in [5, 5.41) is 13.6. The molecule has 21 heavy (non-hydrogen) atoms. The highest BCUT2D eigenvalue weighted by Crippen LogP contribution is 1.98. The zero-order valence-corrected chi connectivity index (χ0v) is 12.1. The smallest absolute Gasteiger partial charge is 0.326 e. The van der Waals surface area contributed by atoms with Crippen LogP contribution < -0.4 is 15.4 Å². The van der Waals surface area contributed by atoms with E-state index in [2.05, 4.69) is 25.3 Å². The van der Waals surface area contributed by atoms with Crippen molar-refractivity contribution in [3.63, 3.8) is 0 Å². The Morgan fingerprint density at radius 2 is 2.19 bits per heavy atom. The average Bonchev–Trinajstić information content (AvgIpc) is 2.90. The van der Waals surface area contributed by atoms with Crippen LogP contribution in [-0.4, -0.2) is 60.9 Å². The lowest BCUT2D eigenvalue weighted by molar-refractivity contribution is -0.139. The van der Waals surface area contributed by atoms with E-state index >= 15 is 0 Å². The van der Waals surface area contributed by atoms with Crippen molar-refractivity contribution in [3.8, 4) is 0 Å². The molecule has 0 radical (unpaired) electrons. The fourth-order valence-electron chi connectivity index (χ4n) is 1.43. The van der Waals surface area contributed by atoms with E-state index < -0.39 is 28.1 Å². The summed E-state index contributed by atoms with van der Waals surface area (Å²) in [5.74, 6) is -1.50. The number of aliphatic carboxylic acids is 1. The highest BCUT2D eigenvalue weighted by molar-refractivity contribution is 7.89. The first-order chi connectivity index (χ1) is 9.84. The number of aromatic amines is 1. The Kier molecular flexibility index (Phi) is 6.11. The number of rotatable bonds is 8. The van der Waals surface area contributed by atoms with Crippen LogP contribution >= 0.6 is 0 Å². The van der Waals surface area contributed by atoms with Gasteiger partial charge in [-0.15, -0.1) is 0 Å². The van der Waals surface area contributed by atoms with Gasteiger partial charge in [0.1, 0.15) is 6.04 Å². The minimum absolute atomic E-state index is 0.0393. The molecule has 0 aliphatic rings. The molecule has 0 spiro atoms. The SMILES string of the molecule is CNS(=O)(=O)CCNC(=O)N[C@@H](Cc1cnc[nH]1)C(=O)O. The molecule has 1 aromatic rings. The van der Waals surface area contributed by atoms with Gasteiger partial charge in [-0.05, 0) is 7.05 Å². The Balaban J connectivity index is 2.44. The number of nitrogens with zero attached hydrogens (tertiary/aromatic N) is 1. The van der Waals surface area contributed by atoms with E-state index in [9.17, 15) is 18.0 Å². The molecule has 0 bridgehead atoms. The Hall–Kier alpha value is -2.14. The Bertz CT molecular complexity index is 571. The first-order valence-corrected chi connectivity index (χ1v) is 7.65. The van der Waals surface area contributed by atoms with Crippen LogP contribution in [-0.2, 0) is 21.2 Å². The number of hydrogen-bond donors (Lipinski definition) is 5.